The number of amides is 1. The maximum Gasteiger partial charge on any atom is 0.252 e. The number of hydrogen-bond donors (Lipinski definition) is 1. The van der Waals surface area contributed by atoms with Gasteiger partial charge in [0.15, 0.2) is 0 Å². The van der Waals surface area contributed by atoms with E-state index in [1.165, 1.54) is 7.11 Å². The standard InChI is InChI=1S/C31H37F3N4O3/c1-20(40-2)31(39)38(18-23-15-35-16-27(23)34)29(22-10-12-41-13-11-22)30-36-28(25-14-24(32)8-9-26(25)33)19-37(30)17-21-6-4-3-5-7-21/h3-9,14,19-20,22-23,27,29,35H,10-13,15-18H2,1-2H3. The van der Waals surface area contributed by atoms with Crippen LogP contribution in [-0.4, -0.2) is 72.6 Å². The van der Waals surface area contributed by atoms with Crippen molar-refractivity contribution in [3.8, 4) is 11.3 Å². The first-order chi connectivity index (χ1) is 19.9. The number of carbonyl (C=O) groups is 1. The molecule has 2 aromatic carbocycles. The molecular weight excluding hydrogens is 533 g/mol. The summed E-state index contributed by atoms with van der Waals surface area (Å²) in [5.41, 5.74) is 1.29. The van der Waals surface area contributed by atoms with E-state index in [0.717, 1.165) is 23.8 Å². The molecular formula is C31H37F3N4O3. The van der Waals surface area contributed by atoms with Crippen LogP contribution in [0.2, 0.25) is 0 Å². The lowest BCUT2D eigenvalue weighted by Gasteiger charge is -2.40. The van der Waals surface area contributed by atoms with Crippen LogP contribution >= 0.6 is 0 Å². The average Bonchev–Trinajstić information content (AvgIpc) is 3.59. The van der Waals surface area contributed by atoms with E-state index in [9.17, 15) is 18.0 Å². The largest absolute Gasteiger partial charge is 0.381 e. The lowest BCUT2D eigenvalue weighted by molar-refractivity contribution is -0.147. The number of nitrogens with one attached hydrogen (secondary N) is 1. The third-order valence-electron chi connectivity index (χ3n) is 8.19. The van der Waals surface area contributed by atoms with E-state index >= 15 is 0 Å². The molecule has 0 radical (unpaired) electrons. The van der Waals surface area contributed by atoms with E-state index in [-0.39, 0.29) is 36.2 Å². The van der Waals surface area contributed by atoms with E-state index in [1.807, 2.05) is 34.9 Å². The predicted molar refractivity (Wildman–Crippen MR) is 149 cm³/mol. The number of alkyl halides is 1. The molecule has 4 atom stereocenters. The molecule has 7 nitrogen and oxygen atoms in total. The van der Waals surface area contributed by atoms with Crippen molar-refractivity contribution >= 4 is 5.91 Å². The van der Waals surface area contributed by atoms with Crippen molar-refractivity contribution in [1.82, 2.24) is 19.8 Å². The first-order valence-corrected chi connectivity index (χ1v) is 14.2. The first kappa shape index (κ1) is 29.3. The minimum atomic E-state index is -1.10. The highest BCUT2D eigenvalue weighted by Crippen LogP contribution is 2.38. The molecule has 2 fully saturated rings. The van der Waals surface area contributed by atoms with Gasteiger partial charge in [-0.25, -0.2) is 18.2 Å². The molecule has 1 N–H and O–H groups in total. The summed E-state index contributed by atoms with van der Waals surface area (Å²) < 4.78 is 57.1. The van der Waals surface area contributed by atoms with Gasteiger partial charge in [-0.05, 0) is 49.4 Å². The Morgan fingerprint density at radius 2 is 1.93 bits per heavy atom. The van der Waals surface area contributed by atoms with Crippen LogP contribution in [0.25, 0.3) is 11.3 Å². The summed E-state index contributed by atoms with van der Waals surface area (Å²) in [7, 11) is 1.47. The Kier molecular flexibility index (Phi) is 9.42. The molecule has 2 aliphatic rings. The molecule has 0 saturated carbocycles. The number of nitrogens with zero attached hydrogens (tertiary/aromatic N) is 3. The fourth-order valence-electron chi connectivity index (χ4n) is 5.84. The van der Waals surface area contributed by atoms with Crippen molar-refractivity contribution in [2.24, 2.45) is 11.8 Å². The number of imidazole rings is 1. The monoisotopic (exact) mass is 570 g/mol. The van der Waals surface area contributed by atoms with E-state index in [2.05, 4.69) is 5.32 Å². The Labute approximate surface area is 238 Å². The molecule has 4 unspecified atom stereocenters. The van der Waals surface area contributed by atoms with Crippen molar-refractivity contribution in [3.63, 3.8) is 0 Å². The van der Waals surface area contributed by atoms with Gasteiger partial charge in [0.2, 0.25) is 0 Å². The third kappa shape index (κ3) is 6.66. The summed E-state index contributed by atoms with van der Waals surface area (Å²) in [5, 5.41) is 3.09. The summed E-state index contributed by atoms with van der Waals surface area (Å²) in [5.74, 6) is -1.35. The molecule has 1 amide bonds. The normalized spacial score (nSPS) is 21.1. The number of halogens is 3. The van der Waals surface area contributed by atoms with Gasteiger partial charge >= 0.3 is 0 Å². The second-order valence-corrected chi connectivity index (χ2v) is 10.9. The lowest BCUT2D eigenvalue weighted by atomic mass is 9.88. The highest BCUT2D eigenvalue weighted by Gasteiger charge is 2.41. The Morgan fingerprint density at radius 3 is 2.61 bits per heavy atom. The van der Waals surface area contributed by atoms with Gasteiger partial charge in [0.1, 0.15) is 29.7 Å². The Hall–Kier alpha value is -3.21. The van der Waals surface area contributed by atoms with E-state index in [0.29, 0.717) is 45.0 Å². The highest BCUT2D eigenvalue weighted by molar-refractivity contribution is 5.81. The summed E-state index contributed by atoms with van der Waals surface area (Å²) in [6.07, 6.45) is 1.19. The summed E-state index contributed by atoms with van der Waals surface area (Å²) in [6.45, 7) is 3.98. The maximum atomic E-state index is 15.0. The number of ether oxygens (including phenoxy) is 2. The zero-order valence-corrected chi connectivity index (χ0v) is 23.4. The number of aromatic nitrogens is 2. The SMILES string of the molecule is COC(C)C(=O)N(CC1CNCC1F)C(c1nc(-c2cc(F)ccc2F)cn1Cc1ccccc1)C1CCOCC1. The topological polar surface area (TPSA) is 68.6 Å². The van der Waals surface area contributed by atoms with E-state index in [1.54, 1.807) is 18.0 Å². The van der Waals surface area contributed by atoms with Gasteiger partial charge in [0.05, 0.1) is 11.7 Å². The van der Waals surface area contributed by atoms with Crippen molar-refractivity contribution in [3.05, 3.63) is 77.8 Å². The number of rotatable bonds is 10. The Morgan fingerprint density at radius 1 is 1.17 bits per heavy atom. The second-order valence-electron chi connectivity index (χ2n) is 10.9. The molecule has 0 aliphatic carbocycles. The van der Waals surface area contributed by atoms with Crippen LogP contribution in [-0.2, 0) is 20.8 Å². The molecule has 3 heterocycles. The van der Waals surface area contributed by atoms with Crippen molar-refractivity contribution in [2.45, 2.75) is 44.6 Å². The summed E-state index contributed by atoms with van der Waals surface area (Å²) in [6, 6.07) is 12.5. The quantitative estimate of drug-likeness (QED) is 0.381. The number of methoxy groups -OCH3 is 1. The number of benzene rings is 2. The highest BCUT2D eigenvalue weighted by atomic mass is 19.1. The summed E-state index contributed by atoms with van der Waals surface area (Å²) >= 11 is 0. The van der Waals surface area contributed by atoms with Gasteiger partial charge < -0.3 is 24.3 Å². The molecule has 2 saturated heterocycles. The molecule has 5 rings (SSSR count). The second kappa shape index (κ2) is 13.2. The fraction of sp³-hybridized carbons (Fsp3) is 0.484. The molecule has 0 spiro atoms. The molecule has 41 heavy (non-hydrogen) atoms. The van der Waals surface area contributed by atoms with E-state index in [4.69, 9.17) is 14.5 Å². The lowest BCUT2D eigenvalue weighted by Crippen LogP contribution is -2.48. The maximum absolute atomic E-state index is 15.0. The third-order valence-corrected chi connectivity index (χ3v) is 8.19. The van der Waals surface area contributed by atoms with Crippen LogP contribution in [0, 0.1) is 23.5 Å². The van der Waals surface area contributed by atoms with Crippen LogP contribution in [0.5, 0.6) is 0 Å². The van der Waals surface area contributed by atoms with Gasteiger partial charge in [0.25, 0.3) is 5.91 Å². The van der Waals surface area contributed by atoms with Crippen LogP contribution in [0.4, 0.5) is 13.2 Å². The fourth-order valence-corrected chi connectivity index (χ4v) is 5.84. The van der Waals surface area contributed by atoms with Gasteiger partial charge in [-0.2, -0.15) is 0 Å². The zero-order chi connectivity index (χ0) is 28.9. The molecule has 3 aromatic rings. The minimum Gasteiger partial charge on any atom is -0.381 e. The first-order valence-electron chi connectivity index (χ1n) is 14.2. The molecule has 220 valence electrons. The zero-order valence-electron chi connectivity index (χ0n) is 23.4. The smallest absolute Gasteiger partial charge is 0.252 e. The number of hydrogen-bond acceptors (Lipinski definition) is 5. The van der Waals surface area contributed by atoms with Gasteiger partial charge in [-0.15, -0.1) is 0 Å². The predicted octanol–water partition coefficient (Wildman–Crippen LogP) is 4.77. The Bertz CT molecular complexity index is 1320. The average molecular weight is 571 g/mol. The summed E-state index contributed by atoms with van der Waals surface area (Å²) in [4.78, 5) is 20.6. The van der Waals surface area contributed by atoms with Crippen LogP contribution < -0.4 is 5.32 Å². The van der Waals surface area contributed by atoms with Gasteiger partial charge in [0, 0.05) is 64.2 Å². The van der Waals surface area contributed by atoms with Crippen LogP contribution in [0.3, 0.4) is 0 Å². The Balaban J connectivity index is 1.66. The number of carbonyl (C=O) groups excluding carboxylic acids is 1. The van der Waals surface area contributed by atoms with Gasteiger partial charge in [-0.3, -0.25) is 4.79 Å². The van der Waals surface area contributed by atoms with Gasteiger partial charge in [-0.1, -0.05) is 30.3 Å². The van der Waals surface area contributed by atoms with Crippen molar-refractivity contribution in [2.75, 3.05) is 40.0 Å². The molecule has 0 bridgehead atoms. The minimum absolute atomic E-state index is 0.0377. The molecule has 10 heteroatoms. The van der Waals surface area contributed by atoms with Crippen molar-refractivity contribution < 1.29 is 27.4 Å². The van der Waals surface area contributed by atoms with Crippen LogP contribution in [0.1, 0.15) is 37.2 Å². The van der Waals surface area contributed by atoms with Crippen LogP contribution in [0.15, 0.2) is 54.7 Å². The molecule has 2 aliphatic heterocycles. The van der Waals surface area contributed by atoms with Crippen molar-refractivity contribution in [1.29, 1.82) is 0 Å². The molecule has 1 aromatic heterocycles. The van der Waals surface area contributed by atoms with E-state index < -0.39 is 35.9 Å².